The summed E-state index contributed by atoms with van der Waals surface area (Å²) in [6.45, 7) is 3.72. The third-order valence-corrected chi connectivity index (χ3v) is 5.05. The summed E-state index contributed by atoms with van der Waals surface area (Å²) in [5.74, 6) is 0.788. The minimum absolute atomic E-state index is 0.371. The van der Waals surface area contributed by atoms with E-state index in [4.69, 9.17) is 9.47 Å². The predicted molar refractivity (Wildman–Crippen MR) is 74.2 cm³/mol. The minimum Gasteiger partial charge on any atom is -0.376 e. The summed E-state index contributed by atoms with van der Waals surface area (Å²) in [7, 11) is 0. The van der Waals surface area contributed by atoms with Crippen LogP contribution in [-0.4, -0.2) is 29.3 Å². The fourth-order valence-electron chi connectivity index (χ4n) is 2.46. The molecule has 0 N–H and O–H groups in total. The highest BCUT2D eigenvalue weighted by Crippen LogP contribution is 2.35. The van der Waals surface area contributed by atoms with Gasteiger partial charge in [0, 0.05) is 10.5 Å². The summed E-state index contributed by atoms with van der Waals surface area (Å²) in [5, 5.41) is 0. The van der Waals surface area contributed by atoms with Gasteiger partial charge in [-0.05, 0) is 38.5 Å². The van der Waals surface area contributed by atoms with Crippen LogP contribution in [0.25, 0.3) is 0 Å². The van der Waals surface area contributed by atoms with E-state index in [1.54, 1.807) is 0 Å². The Morgan fingerprint density at radius 2 is 1.94 bits per heavy atom. The summed E-state index contributed by atoms with van der Waals surface area (Å²) in [4.78, 5) is 0. The van der Waals surface area contributed by atoms with E-state index < -0.39 is 0 Å². The first kappa shape index (κ1) is 13.1. The number of hydrogen-bond donors (Lipinski definition) is 0. The molecule has 0 aromatic carbocycles. The van der Waals surface area contributed by atoms with Crippen LogP contribution in [0.1, 0.15) is 45.4 Å². The number of ether oxygens (including phenoxy) is 2. The second kappa shape index (κ2) is 6.55. The Kier molecular flexibility index (Phi) is 5.36. The molecule has 3 atom stereocenters. The first-order chi connectivity index (χ1) is 7.81. The van der Waals surface area contributed by atoms with Crippen molar-refractivity contribution in [3.63, 3.8) is 0 Å². The van der Waals surface area contributed by atoms with Crippen LogP contribution in [0.5, 0.6) is 0 Å². The van der Waals surface area contributed by atoms with E-state index in [-0.39, 0.29) is 0 Å². The Morgan fingerprint density at radius 1 is 1.19 bits per heavy atom. The molecule has 2 saturated carbocycles. The maximum atomic E-state index is 6.08. The van der Waals surface area contributed by atoms with Crippen molar-refractivity contribution in [2.45, 2.75) is 61.6 Å². The van der Waals surface area contributed by atoms with Crippen LogP contribution in [0.4, 0.5) is 0 Å². The van der Waals surface area contributed by atoms with E-state index in [2.05, 4.69) is 29.5 Å². The van der Waals surface area contributed by atoms with Crippen molar-refractivity contribution in [3.05, 3.63) is 0 Å². The molecule has 2 aliphatic carbocycles. The molecule has 0 saturated heterocycles. The van der Waals surface area contributed by atoms with Gasteiger partial charge in [-0.2, -0.15) is 0 Å². The minimum atomic E-state index is 0.371. The summed E-state index contributed by atoms with van der Waals surface area (Å²) < 4.78 is 12.6. The number of alkyl halides is 1. The van der Waals surface area contributed by atoms with E-state index in [1.165, 1.54) is 38.5 Å². The normalized spacial score (nSPS) is 32.6. The highest BCUT2D eigenvalue weighted by Gasteiger charge is 2.33. The third-order valence-electron chi connectivity index (χ3n) is 3.63. The third kappa shape index (κ3) is 3.84. The molecule has 2 rings (SSSR count). The number of hydrogen-bond acceptors (Lipinski definition) is 2. The summed E-state index contributed by atoms with van der Waals surface area (Å²) >= 11 is 2.55. The highest BCUT2D eigenvalue weighted by atomic mass is 127. The lowest BCUT2D eigenvalue weighted by atomic mass is 9.98. The van der Waals surface area contributed by atoms with Gasteiger partial charge in [-0.1, -0.05) is 35.4 Å². The molecule has 2 fully saturated rings. The van der Waals surface area contributed by atoms with Crippen molar-refractivity contribution >= 4 is 22.6 Å². The Balaban J connectivity index is 1.71. The molecule has 0 radical (unpaired) electrons. The van der Waals surface area contributed by atoms with Crippen LogP contribution in [0.3, 0.4) is 0 Å². The molecule has 0 amide bonds. The number of halogens is 1. The fourth-order valence-corrected chi connectivity index (χ4v) is 3.47. The summed E-state index contributed by atoms with van der Waals surface area (Å²) in [6.07, 6.45) is 8.83. The monoisotopic (exact) mass is 338 g/mol. The van der Waals surface area contributed by atoms with Crippen molar-refractivity contribution in [2.24, 2.45) is 5.92 Å². The molecular formula is C13H23IO2. The zero-order valence-corrected chi connectivity index (χ0v) is 12.3. The second-order valence-electron chi connectivity index (χ2n) is 5.00. The predicted octanol–water partition coefficient (Wildman–Crippen LogP) is 3.56. The maximum absolute atomic E-state index is 6.08. The van der Waals surface area contributed by atoms with Crippen molar-refractivity contribution in [1.29, 1.82) is 0 Å². The van der Waals surface area contributed by atoms with E-state index in [0.29, 0.717) is 16.1 Å². The Labute approximate surface area is 113 Å². The van der Waals surface area contributed by atoms with Crippen molar-refractivity contribution in [1.82, 2.24) is 0 Å². The van der Waals surface area contributed by atoms with E-state index >= 15 is 0 Å². The van der Waals surface area contributed by atoms with Crippen LogP contribution >= 0.6 is 22.6 Å². The van der Waals surface area contributed by atoms with Gasteiger partial charge in [0.2, 0.25) is 0 Å². The van der Waals surface area contributed by atoms with Crippen molar-refractivity contribution in [3.8, 4) is 0 Å². The van der Waals surface area contributed by atoms with Gasteiger partial charge in [-0.3, -0.25) is 0 Å². The van der Waals surface area contributed by atoms with Crippen LogP contribution in [0.15, 0.2) is 0 Å². The Hall–Kier alpha value is 0.650. The van der Waals surface area contributed by atoms with Crippen LogP contribution in [0, 0.1) is 5.92 Å². The van der Waals surface area contributed by atoms with Gasteiger partial charge < -0.3 is 9.47 Å². The topological polar surface area (TPSA) is 18.5 Å². The van der Waals surface area contributed by atoms with Gasteiger partial charge >= 0.3 is 0 Å². The summed E-state index contributed by atoms with van der Waals surface area (Å²) in [5.41, 5.74) is 0. The number of rotatable bonds is 6. The molecular weight excluding hydrogens is 315 g/mol. The maximum Gasteiger partial charge on any atom is 0.0836 e. The Bertz CT molecular complexity index is 202. The SMILES string of the molecule is CCOC(COC1CCCCC1I)C1CC1. The molecule has 0 heterocycles. The highest BCUT2D eigenvalue weighted by molar-refractivity contribution is 14.1. The van der Waals surface area contributed by atoms with E-state index in [9.17, 15) is 0 Å². The van der Waals surface area contributed by atoms with Gasteiger partial charge in [-0.25, -0.2) is 0 Å². The smallest absolute Gasteiger partial charge is 0.0836 e. The molecule has 0 bridgehead atoms. The molecule has 3 unspecified atom stereocenters. The molecule has 0 spiro atoms. The van der Waals surface area contributed by atoms with Crippen LogP contribution in [-0.2, 0) is 9.47 Å². The van der Waals surface area contributed by atoms with Gasteiger partial charge in [-0.15, -0.1) is 0 Å². The second-order valence-corrected chi connectivity index (χ2v) is 6.60. The molecule has 0 aromatic rings. The van der Waals surface area contributed by atoms with Gasteiger partial charge in [0.25, 0.3) is 0 Å². The quantitative estimate of drug-likeness (QED) is 0.545. The average Bonchev–Trinajstić information content (AvgIpc) is 3.10. The molecule has 0 aliphatic heterocycles. The molecule has 94 valence electrons. The van der Waals surface area contributed by atoms with Gasteiger partial charge in [0.1, 0.15) is 0 Å². The lowest BCUT2D eigenvalue weighted by Crippen LogP contribution is -2.32. The first-order valence-corrected chi connectivity index (χ1v) is 7.93. The van der Waals surface area contributed by atoms with Gasteiger partial charge in [0.15, 0.2) is 0 Å². The molecule has 3 heteroatoms. The van der Waals surface area contributed by atoms with Crippen LogP contribution < -0.4 is 0 Å². The van der Waals surface area contributed by atoms with E-state index in [1.807, 2.05) is 0 Å². The molecule has 2 aliphatic rings. The lowest BCUT2D eigenvalue weighted by Gasteiger charge is -2.29. The lowest BCUT2D eigenvalue weighted by molar-refractivity contribution is -0.0550. The molecule has 2 nitrogen and oxygen atoms in total. The first-order valence-electron chi connectivity index (χ1n) is 6.68. The van der Waals surface area contributed by atoms with Crippen molar-refractivity contribution < 1.29 is 9.47 Å². The van der Waals surface area contributed by atoms with Gasteiger partial charge in [0.05, 0.1) is 18.8 Å². The van der Waals surface area contributed by atoms with Crippen molar-refractivity contribution in [2.75, 3.05) is 13.2 Å². The summed E-state index contributed by atoms with van der Waals surface area (Å²) in [6, 6.07) is 0. The zero-order chi connectivity index (χ0) is 11.4. The standard InChI is InChI=1S/C13H23IO2/c1-2-15-13(10-7-8-10)9-16-12-6-4-3-5-11(12)14/h10-13H,2-9H2,1H3. The van der Waals surface area contributed by atoms with Crippen LogP contribution in [0.2, 0.25) is 0 Å². The Morgan fingerprint density at radius 3 is 2.56 bits per heavy atom. The largest absolute Gasteiger partial charge is 0.376 e. The van der Waals surface area contributed by atoms with E-state index in [0.717, 1.165) is 19.1 Å². The zero-order valence-electron chi connectivity index (χ0n) is 10.2. The average molecular weight is 338 g/mol. The fraction of sp³-hybridized carbons (Fsp3) is 1.00. The molecule has 0 aromatic heterocycles. The molecule has 16 heavy (non-hydrogen) atoms.